The van der Waals surface area contributed by atoms with Crippen molar-refractivity contribution in [3.8, 4) is 44.6 Å². The van der Waals surface area contributed by atoms with Gasteiger partial charge in [0.25, 0.3) is 0 Å². The van der Waals surface area contributed by atoms with Gasteiger partial charge in [-0.3, -0.25) is 15.0 Å². The van der Waals surface area contributed by atoms with E-state index in [4.69, 9.17) is 4.98 Å². The summed E-state index contributed by atoms with van der Waals surface area (Å²) < 4.78 is 38.2. The van der Waals surface area contributed by atoms with Crippen LogP contribution in [0.3, 0.4) is 0 Å². The van der Waals surface area contributed by atoms with Crippen LogP contribution in [-0.4, -0.2) is 25.0 Å². The molecule has 12 heteroatoms. The second-order valence-corrected chi connectivity index (χ2v) is 15.5. The van der Waals surface area contributed by atoms with Crippen molar-refractivity contribution in [2.75, 3.05) is 0 Å². The van der Waals surface area contributed by atoms with Crippen molar-refractivity contribution in [1.29, 1.82) is 0 Å². The molecule has 6 aromatic heterocycles. The average Bonchev–Trinajstić information content (AvgIpc) is 4.02. The third kappa shape index (κ3) is 12.4. The van der Waals surface area contributed by atoms with Crippen molar-refractivity contribution >= 4 is 44.0 Å². The summed E-state index contributed by atoms with van der Waals surface area (Å²) >= 11 is 3.46. The number of hydrogen-bond acceptors (Lipinski definition) is 6. The van der Waals surface area contributed by atoms with Crippen molar-refractivity contribution in [2.45, 2.75) is 71.9 Å². The maximum atomic E-state index is 12.7. The Morgan fingerprint density at radius 1 is 0.645 bits per heavy atom. The summed E-state index contributed by atoms with van der Waals surface area (Å²) in [5.41, 5.74) is 10.1. The first-order chi connectivity index (χ1) is 30.2. The molecule has 0 aliphatic carbocycles. The number of unbranched alkanes of at least 4 members (excludes halogenated alkanes) is 3. The van der Waals surface area contributed by atoms with Gasteiger partial charge in [0.2, 0.25) is 0 Å². The van der Waals surface area contributed by atoms with E-state index in [1.807, 2.05) is 41.8 Å². The molecule has 0 N–H and O–H groups in total. The predicted molar refractivity (Wildman–Crippen MR) is 245 cm³/mol. The molecule has 0 amide bonds. The van der Waals surface area contributed by atoms with E-state index < -0.39 is 11.9 Å². The van der Waals surface area contributed by atoms with Gasteiger partial charge in [0.1, 0.15) is 5.69 Å². The van der Waals surface area contributed by atoms with Gasteiger partial charge in [-0.15, -0.1) is 11.3 Å². The molecule has 0 fully saturated rings. The van der Waals surface area contributed by atoms with Gasteiger partial charge in [-0.05, 0) is 142 Å². The fourth-order valence-corrected chi connectivity index (χ4v) is 7.83. The number of aromatic nitrogens is 6. The summed E-state index contributed by atoms with van der Waals surface area (Å²) in [4.78, 5) is 19.5. The molecule has 6 nitrogen and oxygen atoms in total. The Hall–Kier alpha value is -5.35. The van der Waals surface area contributed by atoms with Gasteiger partial charge < -0.3 is 10.2 Å². The van der Waals surface area contributed by atoms with Crippen molar-refractivity contribution in [3.05, 3.63) is 161 Å². The van der Waals surface area contributed by atoms with Crippen LogP contribution < -0.4 is 5.10 Å². The molecule has 8 aromatic rings. The van der Waals surface area contributed by atoms with Crippen LogP contribution in [0, 0.1) is 0 Å². The molecule has 0 atom stereocenters. The van der Waals surface area contributed by atoms with Crippen LogP contribution in [0.5, 0.6) is 0 Å². The van der Waals surface area contributed by atoms with Crippen LogP contribution in [0.15, 0.2) is 127 Å². The van der Waals surface area contributed by atoms with Crippen molar-refractivity contribution in [3.63, 3.8) is 0 Å². The Balaban J connectivity index is 0.000000206. The number of aryl methyl sites for hydroxylation is 3. The van der Waals surface area contributed by atoms with Crippen LogP contribution in [-0.2, 0) is 42.8 Å². The molecule has 8 rings (SSSR count). The molecule has 0 radical (unpaired) electrons. The monoisotopic (exact) mass is 956 g/mol. The Morgan fingerprint density at radius 2 is 1.31 bits per heavy atom. The summed E-state index contributed by atoms with van der Waals surface area (Å²) in [5.74, 6) is 0. The summed E-state index contributed by atoms with van der Waals surface area (Å²) in [6, 6.07) is 34.2. The number of pyridine rings is 4. The molecular formula is C50H46ClF3N6RuS. The van der Waals surface area contributed by atoms with Crippen molar-refractivity contribution < 1.29 is 30.5 Å². The third-order valence-electron chi connectivity index (χ3n) is 10.2. The van der Waals surface area contributed by atoms with E-state index in [9.17, 15) is 13.2 Å². The Labute approximate surface area is 379 Å². The Morgan fingerprint density at radius 3 is 2.02 bits per heavy atom. The number of alkyl halides is 3. The minimum atomic E-state index is -4.50. The first-order valence-corrected chi connectivity index (χ1v) is 23.7. The predicted octanol–water partition coefficient (Wildman–Crippen LogP) is 14.3. The summed E-state index contributed by atoms with van der Waals surface area (Å²) in [5, 5.41) is 11.4. The quantitative estimate of drug-likeness (QED) is 0.0846. The molecule has 6 heterocycles. The molecule has 0 saturated heterocycles. The van der Waals surface area contributed by atoms with Crippen LogP contribution in [0.2, 0.25) is 0 Å². The number of halogens is 4. The van der Waals surface area contributed by atoms with Gasteiger partial charge in [0.15, 0.2) is 0 Å². The van der Waals surface area contributed by atoms with E-state index in [2.05, 4.69) is 152 Å². The zero-order chi connectivity index (χ0) is 43.9. The molecule has 0 spiro atoms. The number of benzene rings is 2. The standard InChI is InChI=1S/C31H27N3.C19H19F3N3S.ClH.Ru/c1-3-22-13-15-32-28(18-22)30-19-23(4-2)20-31(34-30)29-21-25(14-16-33-29)10-9-24-11-12-26-7-5-6-8-27(26)17-24;1-2-3-4-5-6-13-8-10-26-18(13)14-7-9-23-15(11-14)16-12-17(25-24-16)19(20,21)22;;/h5-21H,3-4H2,1-2H3;7-12H,2-6H2,1H3;1H;/q;-1;;+2/p-1/b10-9+;;;. The minimum absolute atomic E-state index is 0.139. The number of rotatable bonds is 13. The fourth-order valence-electron chi connectivity index (χ4n) is 6.88. The second-order valence-electron chi connectivity index (χ2n) is 14.5. The number of fused-ring (bicyclic) bond motifs is 1. The molecule has 0 unspecified atom stereocenters. The first kappa shape index (κ1) is 46.2. The van der Waals surface area contributed by atoms with Gasteiger partial charge in [0, 0.05) is 23.5 Å². The van der Waals surface area contributed by atoms with Crippen LogP contribution in [0.1, 0.15) is 80.0 Å². The van der Waals surface area contributed by atoms with Gasteiger partial charge in [-0.1, -0.05) is 94.3 Å². The molecule has 0 aliphatic heterocycles. The Kier molecular flexibility index (Phi) is 16.9. The average molecular weight is 957 g/mol. The number of thiophene rings is 1. The number of nitrogens with zero attached hydrogens (tertiary/aromatic N) is 6. The van der Waals surface area contributed by atoms with E-state index >= 15 is 0 Å². The van der Waals surface area contributed by atoms with E-state index in [0.717, 1.165) is 70.5 Å². The maximum absolute atomic E-state index is 12.7. The van der Waals surface area contributed by atoms with Gasteiger partial charge in [-0.25, -0.2) is 4.98 Å². The molecule has 62 heavy (non-hydrogen) atoms. The van der Waals surface area contributed by atoms with Crippen LogP contribution >= 0.6 is 21.0 Å². The molecular weight excluding hydrogens is 910 g/mol. The normalized spacial score (nSPS) is 11.3. The zero-order valence-corrected chi connectivity index (χ0v) is 38.0. The Bertz CT molecular complexity index is 2710. The van der Waals surface area contributed by atoms with E-state index in [1.165, 1.54) is 52.3 Å². The fraction of sp³-hybridized carbons (Fsp3) is 0.220. The summed E-state index contributed by atoms with van der Waals surface area (Å²) in [6.07, 6.45) is 12.8. The number of hydrogen-bond donors (Lipinski definition) is 0. The molecule has 0 aliphatic rings. The van der Waals surface area contributed by atoms with Crippen LogP contribution in [0.4, 0.5) is 13.2 Å². The van der Waals surface area contributed by atoms with Crippen molar-refractivity contribution in [2.24, 2.45) is 0 Å². The summed E-state index contributed by atoms with van der Waals surface area (Å²) in [6.45, 7) is 6.50. The summed E-state index contributed by atoms with van der Waals surface area (Å²) in [7, 11) is 4.57. The molecule has 2 aromatic carbocycles. The topological polar surface area (TPSA) is 78.5 Å². The molecule has 0 saturated carbocycles. The second kappa shape index (κ2) is 22.7. The van der Waals surface area contributed by atoms with Gasteiger partial charge in [-0.2, -0.15) is 13.2 Å². The van der Waals surface area contributed by atoms with Gasteiger partial charge >= 0.3 is 33.2 Å². The van der Waals surface area contributed by atoms with Crippen molar-refractivity contribution in [1.82, 2.24) is 30.1 Å². The molecule has 0 bridgehead atoms. The third-order valence-corrected chi connectivity index (χ3v) is 11.2. The van der Waals surface area contributed by atoms with Gasteiger partial charge in [0.05, 0.1) is 28.5 Å². The first-order valence-electron chi connectivity index (χ1n) is 20.5. The van der Waals surface area contributed by atoms with E-state index in [1.54, 1.807) is 23.6 Å². The van der Waals surface area contributed by atoms with E-state index in [-0.39, 0.29) is 5.69 Å². The van der Waals surface area contributed by atoms with E-state index in [0.29, 0.717) is 5.69 Å². The van der Waals surface area contributed by atoms with Crippen LogP contribution in [0.25, 0.3) is 67.5 Å². The molecule has 318 valence electrons. The SMILES string of the molecule is CCCCCCc1ccsc1-c1ccnc(-c2cc(C(F)(F)F)n[n-]2)c1.CCc1ccnc(-c2cc(CC)cc(-c3cc(/C=C/c4ccc5ccccc5c4)ccn3)n2)c1.[Cl][Ru+]. The zero-order valence-electron chi connectivity index (χ0n) is 34.7.